The number of aliphatic hydroxyl groups excluding tert-OH is 1. The standard InChI is InChI=1S/C16H22N2O2/c1-16(2)7-13(16)9-18-10-14(19)11-20-15-6-4-3-5-12(15)8-17/h3-6,13-14,18-19H,7,9-11H2,1-2H3. The van der Waals surface area contributed by atoms with Crippen LogP contribution in [0, 0.1) is 22.7 Å². The van der Waals surface area contributed by atoms with Gasteiger partial charge in [0.1, 0.15) is 24.5 Å². The summed E-state index contributed by atoms with van der Waals surface area (Å²) in [6, 6.07) is 9.13. The van der Waals surface area contributed by atoms with Gasteiger partial charge in [-0.05, 0) is 36.4 Å². The quantitative estimate of drug-likeness (QED) is 0.797. The molecule has 0 bridgehead atoms. The highest BCUT2D eigenvalue weighted by atomic mass is 16.5. The van der Waals surface area contributed by atoms with Gasteiger partial charge in [0.05, 0.1) is 5.56 Å². The summed E-state index contributed by atoms with van der Waals surface area (Å²) in [4.78, 5) is 0. The number of nitriles is 1. The van der Waals surface area contributed by atoms with Gasteiger partial charge in [-0.15, -0.1) is 0 Å². The molecule has 1 saturated carbocycles. The Morgan fingerprint density at radius 3 is 2.85 bits per heavy atom. The lowest BCUT2D eigenvalue weighted by Gasteiger charge is -2.14. The lowest BCUT2D eigenvalue weighted by molar-refractivity contribution is 0.106. The van der Waals surface area contributed by atoms with Crippen LogP contribution in [0.15, 0.2) is 24.3 Å². The van der Waals surface area contributed by atoms with Crippen LogP contribution < -0.4 is 10.1 Å². The van der Waals surface area contributed by atoms with Crippen LogP contribution in [0.1, 0.15) is 25.8 Å². The summed E-state index contributed by atoms with van der Waals surface area (Å²) in [5, 5.41) is 22.1. The molecule has 0 aromatic heterocycles. The van der Waals surface area contributed by atoms with Crippen LogP contribution in [-0.2, 0) is 0 Å². The number of aliphatic hydroxyl groups is 1. The number of hydrogen-bond donors (Lipinski definition) is 2. The van der Waals surface area contributed by atoms with Crippen molar-refractivity contribution in [3.63, 3.8) is 0 Å². The third-order valence-corrected chi connectivity index (χ3v) is 3.93. The van der Waals surface area contributed by atoms with E-state index in [2.05, 4.69) is 25.2 Å². The predicted molar refractivity (Wildman–Crippen MR) is 77.4 cm³/mol. The number of nitrogens with zero attached hydrogens (tertiary/aromatic N) is 1. The minimum Gasteiger partial charge on any atom is -0.489 e. The molecule has 4 nitrogen and oxygen atoms in total. The van der Waals surface area contributed by atoms with Crippen molar-refractivity contribution >= 4 is 0 Å². The van der Waals surface area contributed by atoms with E-state index in [4.69, 9.17) is 10.00 Å². The van der Waals surface area contributed by atoms with Gasteiger partial charge in [-0.1, -0.05) is 26.0 Å². The fourth-order valence-electron chi connectivity index (χ4n) is 2.28. The molecule has 1 aromatic carbocycles. The number of nitrogens with one attached hydrogen (secondary N) is 1. The van der Waals surface area contributed by atoms with E-state index in [0.29, 0.717) is 23.3 Å². The maximum absolute atomic E-state index is 9.87. The highest BCUT2D eigenvalue weighted by Gasteiger charge is 2.44. The maximum atomic E-state index is 9.87. The fourth-order valence-corrected chi connectivity index (χ4v) is 2.28. The Hall–Kier alpha value is -1.57. The first-order chi connectivity index (χ1) is 9.53. The topological polar surface area (TPSA) is 65.3 Å². The Balaban J connectivity index is 1.67. The SMILES string of the molecule is CC1(C)CC1CNCC(O)COc1ccccc1C#N. The number of ether oxygens (including phenoxy) is 1. The molecule has 1 fully saturated rings. The number of benzene rings is 1. The highest BCUT2D eigenvalue weighted by Crippen LogP contribution is 2.50. The zero-order chi connectivity index (χ0) is 14.6. The van der Waals surface area contributed by atoms with E-state index in [1.807, 2.05) is 6.07 Å². The van der Waals surface area contributed by atoms with Crippen molar-refractivity contribution in [2.75, 3.05) is 19.7 Å². The summed E-state index contributed by atoms with van der Waals surface area (Å²) in [7, 11) is 0. The van der Waals surface area contributed by atoms with Gasteiger partial charge in [0, 0.05) is 6.54 Å². The molecular formula is C16H22N2O2. The Labute approximate surface area is 120 Å². The molecule has 108 valence electrons. The Morgan fingerprint density at radius 1 is 1.50 bits per heavy atom. The van der Waals surface area contributed by atoms with Crippen molar-refractivity contribution in [1.82, 2.24) is 5.32 Å². The molecular weight excluding hydrogens is 252 g/mol. The zero-order valence-corrected chi connectivity index (χ0v) is 12.1. The van der Waals surface area contributed by atoms with Crippen molar-refractivity contribution in [3.8, 4) is 11.8 Å². The summed E-state index contributed by atoms with van der Waals surface area (Å²) in [6.07, 6.45) is 0.686. The normalized spacial score (nSPS) is 21.0. The molecule has 0 radical (unpaired) electrons. The molecule has 0 spiro atoms. The van der Waals surface area contributed by atoms with Crippen LogP contribution in [-0.4, -0.2) is 30.9 Å². The van der Waals surface area contributed by atoms with Gasteiger partial charge in [0.15, 0.2) is 0 Å². The minimum absolute atomic E-state index is 0.194. The third-order valence-electron chi connectivity index (χ3n) is 3.93. The van der Waals surface area contributed by atoms with Gasteiger partial charge in [0.2, 0.25) is 0 Å². The Bertz CT molecular complexity index is 493. The summed E-state index contributed by atoms with van der Waals surface area (Å²) in [5.74, 6) is 1.24. The molecule has 2 unspecified atom stereocenters. The van der Waals surface area contributed by atoms with E-state index < -0.39 is 6.10 Å². The average molecular weight is 274 g/mol. The molecule has 1 aliphatic carbocycles. The third kappa shape index (κ3) is 3.96. The summed E-state index contributed by atoms with van der Waals surface area (Å²) >= 11 is 0. The van der Waals surface area contributed by atoms with E-state index in [1.165, 1.54) is 6.42 Å². The van der Waals surface area contributed by atoms with Crippen LogP contribution in [0.3, 0.4) is 0 Å². The van der Waals surface area contributed by atoms with Gasteiger partial charge < -0.3 is 15.2 Å². The lowest BCUT2D eigenvalue weighted by atomic mass is 10.1. The van der Waals surface area contributed by atoms with Crippen LogP contribution in [0.4, 0.5) is 0 Å². The molecule has 1 aromatic rings. The molecule has 0 heterocycles. The summed E-state index contributed by atoms with van der Waals surface area (Å²) in [6.45, 7) is 6.18. The zero-order valence-electron chi connectivity index (χ0n) is 12.1. The fraction of sp³-hybridized carbons (Fsp3) is 0.562. The molecule has 2 N–H and O–H groups in total. The highest BCUT2D eigenvalue weighted by molar-refractivity contribution is 5.42. The average Bonchev–Trinajstić information content (AvgIpc) is 3.04. The van der Waals surface area contributed by atoms with Crippen molar-refractivity contribution in [2.24, 2.45) is 11.3 Å². The van der Waals surface area contributed by atoms with Crippen molar-refractivity contribution in [3.05, 3.63) is 29.8 Å². The smallest absolute Gasteiger partial charge is 0.137 e. The van der Waals surface area contributed by atoms with Crippen molar-refractivity contribution in [1.29, 1.82) is 5.26 Å². The van der Waals surface area contributed by atoms with Crippen LogP contribution in [0.2, 0.25) is 0 Å². The van der Waals surface area contributed by atoms with Crippen LogP contribution in [0.5, 0.6) is 5.75 Å². The molecule has 1 aliphatic rings. The molecule has 4 heteroatoms. The second-order valence-electron chi connectivity index (χ2n) is 6.12. The first-order valence-corrected chi connectivity index (χ1v) is 7.03. The number of para-hydroxylation sites is 1. The maximum Gasteiger partial charge on any atom is 0.137 e. The summed E-state index contributed by atoms with van der Waals surface area (Å²) < 4.78 is 5.49. The molecule has 0 saturated heterocycles. The van der Waals surface area contributed by atoms with Crippen LogP contribution >= 0.6 is 0 Å². The Morgan fingerprint density at radius 2 is 2.20 bits per heavy atom. The van der Waals surface area contributed by atoms with Crippen molar-refractivity contribution in [2.45, 2.75) is 26.4 Å². The van der Waals surface area contributed by atoms with Crippen molar-refractivity contribution < 1.29 is 9.84 Å². The van der Waals surface area contributed by atoms with Gasteiger partial charge in [0.25, 0.3) is 0 Å². The van der Waals surface area contributed by atoms with Gasteiger partial charge >= 0.3 is 0 Å². The van der Waals surface area contributed by atoms with Crippen LogP contribution in [0.25, 0.3) is 0 Å². The van der Waals surface area contributed by atoms with E-state index in [0.717, 1.165) is 12.5 Å². The molecule has 2 rings (SSSR count). The molecule has 2 atom stereocenters. The first kappa shape index (κ1) is 14.8. The second kappa shape index (κ2) is 6.25. The van der Waals surface area contributed by atoms with Gasteiger partial charge in [-0.2, -0.15) is 5.26 Å². The summed E-state index contributed by atoms with van der Waals surface area (Å²) in [5.41, 5.74) is 0.951. The van der Waals surface area contributed by atoms with E-state index in [9.17, 15) is 5.11 Å². The molecule has 0 amide bonds. The minimum atomic E-state index is -0.566. The predicted octanol–water partition coefficient (Wildman–Crippen LogP) is 1.93. The number of hydrogen-bond acceptors (Lipinski definition) is 4. The van der Waals surface area contributed by atoms with E-state index in [-0.39, 0.29) is 6.61 Å². The van der Waals surface area contributed by atoms with E-state index >= 15 is 0 Å². The number of rotatable bonds is 7. The molecule has 0 aliphatic heterocycles. The monoisotopic (exact) mass is 274 g/mol. The Kier molecular flexibility index (Phi) is 4.64. The largest absolute Gasteiger partial charge is 0.489 e. The van der Waals surface area contributed by atoms with E-state index in [1.54, 1.807) is 18.2 Å². The molecule has 20 heavy (non-hydrogen) atoms. The van der Waals surface area contributed by atoms with Gasteiger partial charge in [-0.25, -0.2) is 0 Å². The first-order valence-electron chi connectivity index (χ1n) is 7.03. The van der Waals surface area contributed by atoms with Gasteiger partial charge in [-0.3, -0.25) is 0 Å². The lowest BCUT2D eigenvalue weighted by Crippen LogP contribution is -2.33. The second-order valence-corrected chi connectivity index (χ2v) is 6.12.